The molecular weight excluding hydrogens is 474 g/mol. The number of carbonyl (C=O) groups excluding carboxylic acids is 3. The molecule has 188 valence electrons. The Morgan fingerprint density at radius 1 is 1.14 bits per heavy atom. The van der Waals surface area contributed by atoms with Crippen molar-refractivity contribution in [2.75, 3.05) is 11.9 Å². The zero-order valence-electron chi connectivity index (χ0n) is 20.8. The van der Waals surface area contributed by atoms with E-state index in [0.717, 1.165) is 29.7 Å². The molecule has 2 aromatic rings. The Morgan fingerprint density at radius 3 is 2.69 bits per heavy atom. The van der Waals surface area contributed by atoms with Crippen molar-refractivity contribution in [2.45, 2.75) is 57.7 Å². The van der Waals surface area contributed by atoms with Gasteiger partial charge in [0.2, 0.25) is 11.8 Å². The molecule has 2 atom stereocenters. The number of amidine groups is 2. The molecule has 2 aliphatic rings. The molecule has 9 heteroatoms. The van der Waals surface area contributed by atoms with E-state index >= 15 is 0 Å². The summed E-state index contributed by atoms with van der Waals surface area (Å²) in [6, 6.07) is 14.3. The fourth-order valence-electron chi connectivity index (χ4n) is 4.06. The summed E-state index contributed by atoms with van der Waals surface area (Å²) in [4.78, 5) is 49.8. The Kier molecular flexibility index (Phi) is 8.20. The van der Waals surface area contributed by atoms with Crippen LogP contribution in [0.1, 0.15) is 50.7 Å². The van der Waals surface area contributed by atoms with E-state index in [-0.39, 0.29) is 24.1 Å². The number of amides is 3. The number of hydrogen-bond donors (Lipinski definition) is 2. The van der Waals surface area contributed by atoms with Crippen LogP contribution >= 0.6 is 11.8 Å². The fraction of sp³-hybridized carbons (Fsp3) is 0.370. The zero-order valence-corrected chi connectivity index (χ0v) is 21.6. The first kappa shape index (κ1) is 25.6. The SMILES string of the molecule is CCCCNC(=O)C[C@@H]1N=C2c3ccccc3N=C(S[C@H](CC)C(=O)Nc3cccc(C)c3)N2C1=O. The Morgan fingerprint density at radius 2 is 1.94 bits per heavy atom. The van der Waals surface area contributed by atoms with Crippen molar-refractivity contribution in [1.82, 2.24) is 10.2 Å². The molecule has 8 nitrogen and oxygen atoms in total. The van der Waals surface area contributed by atoms with Crippen LogP contribution in [0.5, 0.6) is 0 Å². The molecule has 36 heavy (non-hydrogen) atoms. The minimum absolute atomic E-state index is 0.0201. The molecule has 0 radical (unpaired) electrons. The maximum Gasteiger partial charge on any atom is 0.259 e. The lowest BCUT2D eigenvalue weighted by molar-refractivity contribution is -0.128. The van der Waals surface area contributed by atoms with E-state index in [1.165, 1.54) is 16.7 Å². The predicted octanol–water partition coefficient (Wildman–Crippen LogP) is 4.41. The van der Waals surface area contributed by atoms with Gasteiger partial charge in [0.1, 0.15) is 11.9 Å². The largest absolute Gasteiger partial charge is 0.356 e. The number of para-hydroxylation sites is 1. The molecule has 2 aromatic carbocycles. The van der Waals surface area contributed by atoms with E-state index < -0.39 is 11.3 Å². The van der Waals surface area contributed by atoms with E-state index in [4.69, 9.17) is 4.99 Å². The molecule has 0 spiro atoms. The number of thioether (sulfide) groups is 1. The lowest BCUT2D eigenvalue weighted by atomic mass is 10.1. The maximum atomic E-state index is 13.4. The third kappa shape index (κ3) is 5.67. The van der Waals surface area contributed by atoms with Gasteiger partial charge in [0.25, 0.3) is 5.91 Å². The highest BCUT2D eigenvalue weighted by Gasteiger charge is 2.43. The monoisotopic (exact) mass is 505 g/mol. The normalized spacial score (nSPS) is 17.0. The van der Waals surface area contributed by atoms with Gasteiger partial charge in [-0.25, -0.2) is 9.89 Å². The van der Waals surface area contributed by atoms with Gasteiger partial charge in [-0.2, -0.15) is 0 Å². The summed E-state index contributed by atoms with van der Waals surface area (Å²) in [5.41, 5.74) is 3.20. The van der Waals surface area contributed by atoms with E-state index in [1.807, 2.05) is 62.4 Å². The van der Waals surface area contributed by atoms with Crippen LogP contribution in [0.25, 0.3) is 0 Å². The minimum Gasteiger partial charge on any atom is -0.356 e. The van der Waals surface area contributed by atoms with Crippen LogP contribution in [0.3, 0.4) is 0 Å². The minimum atomic E-state index is -0.820. The van der Waals surface area contributed by atoms with E-state index in [0.29, 0.717) is 29.7 Å². The number of nitrogens with one attached hydrogen (secondary N) is 2. The van der Waals surface area contributed by atoms with Crippen molar-refractivity contribution in [3.8, 4) is 0 Å². The second-order valence-electron chi connectivity index (χ2n) is 8.83. The number of anilines is 1. The first-order chi connectivity index (χ1) is 17.4. The van der Waals surface area contributed by atoms with Crippen LogP contribution in [0, 0.1) is 6.92 Å². The summed E-state index contributed by atoms with van der Waals surface area (Å²) >= 11 is 1.24. The highest BCUT2D eigenvalue weighted by Crippen LogP contribution is 2.35. The Hall–Kier alpha value is -3.46. The molecule has 4 rings (SSSR count). The van der Waals surface area contributed by atoms with Gasteiger partial charge in [-0.05, 0) is 49.6 Å². The number of hydrogen-bond acceptors (Lipinski definition) is 6. The van der Waals surface area contributed by atoms with Crippen LogP contribution in [-0.4, -0.2) is 51.5 Å². The van der Waals surface area contributed by atoms with Crippen molar-refractivity contribution < 1.29 is 14.4 Å². The summed E-state index contributed by atoms with van der Waals surface area (Å²) in [5.74, 6) is -0.181. The molecule has 3 amide bonds. The zero-order chi connectivity index (χ0) is 25.7. The molecule has 0 fully saturated rings. The van der Waals surface area contributed by atoms with Crippen LogP contribution in [0.4, 0.5) is 11.4 Å². The molecular formula is C27H31N5O3S. The van der Waals surface area contributed by atoms with Gasteiger partial charge in [0, 0.05) is 17.8 Å². The van der Waals surface area contributed by atoms with E-state index in [2.05, 4.69) is 22.5 Å². The standard InChI is InChI=1S/C27H31N5O3S/c1-4-6-14-28-23(33)16-21-26(35)32-24(30-21)19-12-7-8-13-20(19)31-27(32)36-22(5-2)25(34)29-18-11-9-10-17(3)15-18/h7-13,15,21-22H,4-6,14,16H2,1-3H3,(H,28,33)(H,29,34)/t21-,22+/m0/s1. The van der Waals surface area contributed by atoms with Gasteiger partial charge in [0.05, 0.1) is 17.4 Å². The molecule has 0 aliphatic carbocycles. The fourth-order valence-corrected chi connectivity index (χ4v) is 5.08. The average Bonchev–Trinajstić information content (AvgIpc) is 3.18. The number of rotatable bonds is 9. The number of fused-ring (bicyclic) bond motifs is 3. The second-order valence-corrected chi connectivity index (χ2v) is 10.0. The average molecular weight is 506 g/mol. The maximum absolute atomic E-state index is 13.4. The summed E-state index contributed by atoms with van der Waals surface area (Å²) in [6.07, 6.45) is 2.38. The van der Waals surface area contributed by atoms with Gasteiger partial charge in [-0.3, -0.25) is 19.4 Å². The van der Waals surface area contributed by atoms with E-state index in [1.54, 1.807) is 0 Å². The predicted molar refractivity (Wildman–Crippen MR) is 145 cm³/mol. The first-order valence-corrected chi connectivity index (χ1v) is 13.2. The smallest absolute Gasteiger partial charge is 0.259 e. The molecule has 2 heterocycles. The lowest BCUT2D eigenvalue weighted by Crippen LogP contribution is -2.43. The number of unbranched alkanes of at least 4 members (excludes halogenated alkanes) is 1. The number of nitrogens with zero attached hydrogens (tertiary/aromatic N) is 3. The number of aryl methyl sites for hydroxylation is 1. The molecule has 2 aliphatic heterocycles. The Bertz CT molecular complexity index is 1230. The van der Waals surface area contributed by atoms with Crippen molar-refractivity contribution >= 4 is 51.9 Å². The van der Waals surface area contributed by atoms with Crippen LogP contribution in [-0.2, 0) is 14.4 Å². The quantitative estimate of drug-likeness (QED) is 0.493. The summed E-state index contributed by atoms with van der Waals surface area (Å²) in [5, 5.41) is 5.76. The third-order valence-corrected chi connectivity index (χ3v) is 7.29. The topological polar surface area (TPSA) is 103 Å². The van der Waals surface area contributed by atoms with Crippen molar-refractivity contribution in [3.05, 3.63) is 59.7 Å². The molecule has 0 bridgehead atoms. The lowest BCUT2D eigenvalue weighted by Gasteiger charge is -2.27. The molecule has 0 saturated carbocycles. The van der Waals surface area contributed by atoms with Gasteiger partial charge >= 0.3 is 0 Å². The highest BCUT2D eigenvalue weighted by atomic mass is 32.2. The Labute approximate surface area is 215 Å². The molecule has 2 N–H and O–H groups in total. The highest BCUT2D eigenvalue weighted by molar-refractivity contribution is 8.15. The van der Waals surface area contributed by atoms with Gasteiger partial charge in [-0.1, -0.05) is 56.3 Å². The third-order valence-electron chi connectivity index (χ3n) is 5.98. The van der Waals surface area contributed by atoms with Crippen molar-refractivity contribution in [3.63, 3.8) is 0 Å². The van der Waals surface area contributed by atoms with Gasteiger partial charge in [0.15, 0.2) is 5.17 Å². The number of aliphatic imine (C=N–C) groups is 2. The molecule has 0 saturated heterocycles. The van der Waals surface area contributed by atoms with Gasteiger partial charge < -0.3 is 10.6 Å². The van der Waals surface area contributed by atoms with Crippen molar-refractivity contribution in [2.24, 2.45) is 9.98 Å². The molecule has 0 aromatic heterocycles. The first-order valence-electron chi connectivity index (χ1n) is 12.3. The second kappa shape index (κ2) is 11.5. The Balaban J connectivity index is 1.56. The number of benzene rings is 2. The molecule has 0 unspecified atom stereocenters. The number of carbonyl (C=O) groups is 3. The van der Waals surface area contributed by atoms with E-state index in [9.17, 15) is 14.4 Å². The summed E-state index contributed by atoms with van der Waals surface area (Å²) < 4.78 is 0. The van der Waals surface area contributed by atoms with Crippen LogP contribution in [0.2, 0.25) is 0 Å². The van der Waals surface area contributed by atoms with Crippen LogP contribution < -0.4 is 10.6 Å². The van der Waals surface area contributed by atoms with Crippen LogP contribution in [0.15, 0.2) is 58.5 Å². The summed E-state index contributed by atoms with van der Waals surface area (Å²) in [7, 11) is 0. The van der Waals surface area contributed by atoms with Crippen molar-refractivity contribution in [1.29, 1.82) is 0 Å². The van der Waals surface area contributed by atoms with Gasteiger partial charge in [-0.15, -0.1) is 0 Å². The summed E-state index contributed by atoms with van der Waals surface area (Å²) in [6.45, 7) is 6.53.